The zero-order chi connectivity index (χ0) is 18.8. The van der Waals surface area contributed by atoms with E-state index in [1.165, 1.54) is 6.20 Å². The minimum atomic E-state index is -1.33. The van der Waals surface area contributed by atoms with Gasteiger partial charge in [-0.15, -0.1) is 0 Å². The van der Waals surface area contributed by atoms with E-state index in [-0.39, 0.29) is 22.8 Å². The molecule has 0 aromatic carbocycles. The van der Waals surface area contributed by atoms with Crippen molar-refractivity contribution in [3.63, 3.8) is 0 Å². The van der Waals surface area contributed by atoms with Gasteiger partial charge in [0.25, 0.3) is 0 Å². The summed E-state index contributed by atoms with van der Waals surface area (Å²) in [5.41, 5.74) is -1.31. The van der Waals surface area contributed by atoms with Gasteiger partial charge in [-0.1, -0.05) is 0 Å². The Morgan fingerprint density at radius 1 is 1.42 bits per heavy atom. The molecule has 138 valence electrons. The highest BCUT2D eigenvalue weighted by Crippen LogP contribution is 2.32. The number of anilines is 1. The second kappa shape index (κ2) is 5.51. The number of rotatable bonds is 2. The fourth-order valence-corrected chi connectivity index (χ4v) is 3.90. The molecule has 2 fully saturated rings. The van der Waals surface area contributed by atoms with Crippen LogP contribution in [-0.2, 0) is 5.54 Å². The Kier molecular flexibility index (Phi) is 3.59. The fraction of sp³-hybridized carbons (Fsp3) is 0.500. The lowest BCUT2D eigenvalue weighted by Gasteiger charge is -2.30. The molecule has 7 nitrogen and oxygen atoms in total. The summed E-state index contributed by atoms with van der Waals surface area (Å²) < 4.78 is 16.5. The maximum atomic E-state index is 14.8. The number of aromatic carboxylic acids is 1. The molecule has 2 bridgehead atoms. The Morgan fingerprint density at radius 2 is 2.15 bits per heavy atom. The molecule has 4 heterocycles. The van der Waals surface area contributed by atoms with Crippen LogP contribution in [0.4, 0.5) is 10.2 Å². The molecule has 0 radical (unpaired) electrons. The van der Waals surface area contributed by atoms with Crippen LogP contribution in [0, 0.1) is 5.82 Å². The topological polar surface area (TPSA) is 87.5 Å². The molecule has 0 saturated carbocycles. The third-order valence-electron chi connectivity index (χ3n) is 5.19. The van der Waals surface area contributed by atoms with Gasteiger partial charge in [0.15, 0.2) is 11.6 Å². The summed E-state index contributed by atoms with van der Waals surface area (Å²) in [5, 5.41) is 12.7. The normalized spacial score (nSPS) is 22.4. The summed E-state index contributed by atoms with van der Waals surface area (Å²) in [7, 11) is 0. The number of carboxylic acids is 1. The monoisotopic (exact) mass is 360 g/mol. The summed E-state index contributed by atoms with van der Waals surface area (Å²) in [5.74, 6) is -1.69. The molecule has 0 amide bonds. The zero-order valence-corrected chi connectivity index (χ0v) is 14.9. The fourth-order valence-electron chi connectivity index (χ4n) is 3.90. The summed E-state index contributed by atoms with van der Waals surface area (Å²) >= 11 is 0. The minimum Gasteiger partial charge on any atom is -0.477 e. The highest BCUT2D eigenvalue weighted by molar-refractivity contribution is 5.92. The molecule has 0 spiro atoms. The van der Waals surface area contributed by atoms with Gasteiger partial charge in [0.2, 0.25) is 5.43 Å². The van der Waals surface area contributed by atoms with Crippen molar-refractivity contribution < 1.29 is 14.3 Å². The van der Waals surface area contributed by atoms with Crippen LogP contribution >= 0.6 is 0 Å². The van der Waals surface area contributed by atoms with Crippen LogP contribution in [0.3, 0.4) is 0 Å². The molecule has 1 unspecified atom stereocenters. The smallest absolute Gasteiger partial charge is 0.341 e. The van der Waals surface area contributed by atoms with Crippen molar-refractivity contribution in [3.05, 3.63) is 33.9 Å². The van der Waals surface area contributed by atoms with Crippen molar-refractivity contribution in [3.8, 4) is 0 Å². The van der Waals surface area contributed by atoms with Gasteiger partial charge < -0.3 is 19.9 Å². The maximum absolute atomic E-state index is 14.8. The molecule has 26 heavy (non-hydrogen) atoms. The number of nitrogens with one attached hydrogen (secondary N) is 1. The Labute approximate surface area is 149 Å². The third kappa shape index (κ3) is 2.47. The summed E-state index contributed by atoms with van der Waals surface area (Å²) in [6.45, 7) is 7.11. The van der Waals surface area contributed by atoms with Crippen molar-refractivity contribution in [1.29, 1.82) is 0 Å². The average molecular weight is 360 g/mol. The van der Waals surface area contributed by atoms with Crippen LogP contribution in [0.2, 0.25) is 0 Å². The Balaban J connectivity index is 1.99. The van der Waals surface area contributed by atoms with Crippen LogP contribution in [0.1, 0.15) is 37.6 Å². The van der Waals surface area contributed by atoms with Crippen LogP contribution < -0.4 is 15.6 Å². The third-order valence-corrected chi connectivity index (χ3v) is 5.19. The van der Waals surface area contributed by atoms with E-state index in [9.17, 15) is 19.1 Å². The minimum absolute atomic E-state index is 0.0106. The molecule has 2 aliphatic rings. The quantitative estimate of drug-likeness (QED) is 0.845. The van der Waals surface area contributed by atoms with E-state index in [1.54, 1.807) is 4.57 Å². The van der Waals surface area contributed by atoms with Gasteiger partial charge in [-0.05, 0) is 33.3 Å². The van der Waals surface area contributed by atoms with Gasteiger partial charge in [0, 0.05) is 36.9 Å². The van der Waals surface area contributed by atoms with Gasteiger partial charge in [-0.25, -0.2) is 14.2 Å². The maximum Gasteiger partial charge on any atom is 0.341 e. The number of halogens is 1. The number of pyridine rings is 2. The van der Waals surface area contributed by atoms with E-state index in [4.69, 9.17) is 0 Å². The predicted molar refractivity (Wildman–Crippen MR) is 95.5 cm³/mol. The summed E-state index contributed by atoms with van der Waals surface area (Å²) in [6, 6.07) is 1.65. The summed E-state index contributed by atoms with van der Waals surface area (Å²) in [4.78, 5) is 30.4. The van der Waals surface area contributed by atoms with Crippen molar-refractivity contribution in [2.45, 2.75) is 44.8 Å². The van der Waals surface area contributed by atoms with E-state index in [1.807, 2.05) is 25.7 Å². The lowest BCUT2D eigenvalue weighted by Crippen LogP contribution is -2.44. The number of carboxylic acid groups (broad SMARTS) is 1. The molecule has 2 aliphatic heterocycles. The molecular weight excluding hydrogens is 339 g/mol. The number of hydrogen-bond acceptors (Lipinski definition) is 5. The van der Waals surface area contributed by atoms with Crippen molar-refractivity contribution in [2.24, 2.45) is 0 Å². The molecule has 2 saturated heterocycles. The molecule has 4 rings (SSSR count). The lowest BCUT2D eigenvalue weighted by molar-refractivity contribution is 0.0694. The van der Waals surface area contributed by atoms with Gasteiger partial charge >= 0.3 is 5.97 Å². The van der Waals surface area contributed by atoms with Crippen LogP contribution in [-0.4, -0.2) is 45.8 Å². The van der Waals surface area contributed by atoms with Gasteiger partial charge in [0.1, 0.15) is 11.2 Å². The average Bonchev–Trinajstić information content (AvgIpc) is 3.16. The number of nitrogens with zero attached hydrogens (tertiary/aromatic N) is 3. The molecule has 2 aromatic rings. The number of piperazine rings is 1. The van der Waals surface area contributed by atoms with E-state index in [0.29, 0.717) is 18.2 Å². The molecule has 2 atom stereocenters. The van der Waals surface area contributed by atoms with E-state index in [2.05, 4.69) is 10.3 Å². The first-order valence-electron chi connectivity index (χ1n) is 8.66. The Morgan fingerprint density at radius 3 is 2.69 bits per heavy atom. The number of aromatic nitrogens is 2. The first kappa shape index (κ1) is 17.0. The second-order valence-corrected chi connectivity index (χ2v) is 8.03. The van der Waals surface area contributed by atoms with Crippen molar-refractivity contribution >= 4 is 22.8 Å². The molecule has 2 N–H and O–H groups in total. The number of carbonyl (C=O) groups is 1. The highest BCUT2D eigenvalue weighted by atomic mass is 19.1. The van der Waals surface area contributed by atoms with Gasteiger partial charge in [-0.2, -0.15) is 0 Å². The second-order valence-electron chi connectivity index (χ2n) is 8.03. The predicted octanol–water partition coefficient (Wildman–Crippen LogP) is 1.54. The zero-order valence-electron chi connectivity index (χ0n) is 14.9. The molecule has 2 aromatic heterocycles. The molecule has 0 aliphatic carbocycles. The van der Waals surface area contributed by atoms with Gasteiger partial charge in [-0.3, -0.25) is 4.79 Å². The summed E-state index contributed by atoms with van der Waals surface area (Å²) in [6.07, 6.45) is 2.25. The first-order valence-corrected chi connectivity index (χ1v) is 8.66. The SMILES string of the molecule is CC(C)(C)n1cc(C(=O)O)c(=O)c2cc(F)c(N3CC4C[C@@H]3CN4)nc21. The molecular formula is C18H21FN4O3. The lowest BCUT2D eigenvalue weighted by atomic mass is 10.1. The van der Waals surface area contributed by atoms with Gasteiger partial charge in [0.05, 0.1) is 5.39 Å². The number of fused-ring (bicyclic) bond motifs is 3. The van der Waals surface area contributed by atoms with Crippen LogP contribution in [0.25, 0.3) is 11.0 Å². The first-order chi connectivity index (χ1) is 12.2. The van der Waals surface area contributed by atoms with Crippen LogP contribution in [0.15, 0.2) is 17.1 Å². The Hall–Kier alpha value is -2.48. The van der Waals surface area contributed by atoms with E-state index < -0.39 is 22.8 Å². The van der Waals surface area contributed by atoms with E-state index in [0.717, 1.165) is 19.0 Å². The largest absolute Gasteiger partial charge is 0.477 e. The van der Waals surface area contributed by atoms with Crippen molar-refractivity contribution in [2.75, 3.05) is 18.0 Å². The van der Waals surface area contributed by atoms with E-state index >= 15 is 0 Å². The van der Waals surface area contributed by atoms with Crippen LogP contribution in [0.5, 0.6) is 0 Å². The standard InChI is InChI=1S/C18H21FN4O3/c1-18(2,3)23-8-12(17(25)26)14(24)11-5-13(19)16(21-15(11)23)22-7-9-4-10(22)6-20-9/h5,8-10,20H,4,6-7H2,1-3H3,(H,25,26)/t9?,10-/m1/s1. The highest BCUT2D eigenvalue weighted by Gasteiger charge is 2.39. The molecule has 8 heteroatoms. The Bertz CT molecular complexity index is 979. The van der Waals surface area contributed by atoms with Crippen molar-refractivity contribution in [1.82, 2.24) is 14.9 Å². The number of hydrogen-bond donors (Lipinski definition) is 2.